The summed E-state index contributed by atoms with van der Waals surface area (Å²) < 4.78 is 69.9. The molecular formula is C32H35F4N5O5. The fraction of sp³-hybridized carbons (Fsp3) is 0.438. The van der Waals surface area contributed by atoms with E-state index in [1.165, 1.54) is 45.4 Å². The molecule has 6 rings (SSSR count). The number of nitrogens with zero attached hydrogens (tertiary/aromatic N) is 2. The number of likely N-dealkylation sites (N-methyl/N-ethyl adjacent to an activating group) is 1. The number of amides is 2. The quantitative estimate of drug-likeness (QED) is 0.318. The van der Waals surface area contributed by atoms with Crippen molar-refractivity contribution in [2.24, 2.45) is 17.1 Å². The number of hydrogen-bond acceptors (Lipinski definition) is 8. The van der Waals surface area contributed by atoms with E-state index in [0.717, 1.165) is 36.7 Å². The van der Waals surface area contributed by atoms with Gasteiger partial charge in [0.2, 0.25) is 11.5 Å². The number of dihydropyridines is 1. The highest BCUT2D eigenvalue weighted by Gasteiger charge is 2.61. The smallest absolute Gasteiger partial charge is 0.424 e. The van der Waals surface area contributed by atoms with Crippen molar-refractivity contribution in [3.8, 4) is 0 Å². The minimum atomic E-state index is -5.32. The number of benzene rings is 1. The lowest BCUT2D eigenvalue weighted by atomic mass is 9.74. The van der Waals surface area contributed by atoms with Gasteiger partial charge in [-0.2, -0.15) is 13.2 Å². The lowest BCUT2D eigenvalue weighted by Crippen LogP contribution is -2.61. The van der Waals surface area contributed by atoms with Crippen molar-refractivity contribution in [2.75, 3.05) is 27.3 Å². The number of methoxy groups -OCH3 is 1. The summed E-state index contributed by atoms with van der Waals surface area (Å²) in [4.78, 5) is 26.0. The molecule has 5 aliphatic rings. The van der Waals surface area contributed by atoms with Crippen LogP contribution in [0, 0.1) is 17.2 Å². The molecule has 0 saturated heterocycles. The second-order valence-electron chi connectivity index (χ2n) is 12.7. The van der Waals surface area contributed by atoms with Gasteiger partial charge in [0.1, 0.15) is 34.9 Å². The Balaban J connectivity index is 1.34. The minimum absolute atomic E-state index is 0.0130. The molecule has 10 nitrogen and oxygen atoms in total. The number of nitrogens with two attached hydrogens (primary N) is 1. The summed E-state index contributed by atoms with van der Waals surface area (Å²) in [5, 5.41) is 20.1. The average Bonchev–Trinajstić information content (AvgIpc) is 3.71. The highest BCUT2D eigenvalue weighted by Crippen LogP contribution is 2.50. The van der Waals surface area contributed by atoms with Crippen LogP contribution in [0.2, 0.25) is 0 Å². The molecule has 0 spiro atoms. The molecule has 0 bridgehead atoms. The molecule has 1 aromatic carbocycles. The van der Waals surface area contributed by atoms with Crippen LogP contribution in [-0.4, -0.2) is 72.1 Å². The monoisotopic (exact) mass is 645 g/mol. The fourth-order valence-corrected chi connectivity index (χ4v) is 6.41. The number of hydrazine groups is 1. The summed E-state index contributed by atoms with van der Waals surface area (Å²) in [7, 11) is 3.29. The topological polar surface area (TPSA) is 129 Å². The Morgan fingerprint density at radius 1 is 1.20 bits per heavy atom. The van der Waals surface area contributed by atoms with E-state index in [1.807, 2.05) is 18.1 Å². The molecule has 5 N–H and O–H groups in total. The van der Waals surface area contributed by atoms with Crippen LogP contribution < -0.4 is 16.4 Å². The van der Waals surface area contributed by atoms with E-state index in [2.05, 4.69) is 10.6 Å². The number of alkyl halides is 3. The maximum Gasteiger partial charge on any atom is 0.424 e. The van der Waals surface area contributed by atoms with Crippen molar-refractivity contribution < 1.29 is 41.7 Å². The summed E-state index contributed by atoms with van der Waals surface area (Å²) in [6.45, 7) is 1.36. The largest absolute Gasteiger partial charge is 0.494 e. The Labute approximate surface area is 262 Å². The number of rotatable bonds is 8. The zero-order chi connectivity index (χ0) is 33.4. The maximum absolute atomic E-state index is 14.9. The number of fused-ring (bicyclic) bond motifs is 1. The molecule has 4 atom stereocenters. The Hall–Kier alpha value is -4.30. The van der Waals surface area contributed by atoms with Crippen LogP contribution >= 0.6 is 0 Å². The van der Waals surface area contributed by atoms with E-state index in [4.69, 9.17) is 15.2 Å². The first kappa shape index (κ1) is 31.7. The Morgan fingerprint density at radius 2 is 1.87 bits per heavy atom. The molecule has 0 aromatic heterocycles. The van der Waals surface area contributed by atoms with Crippen molar-refractivity contribution >= 4 is 11.8 Å². The van der Waals surface area contributed by atoms with Gasteiger partial charge >= 0.3 is 6.18 Å². The predicted molar refractivity (Wildman–Crippen MR) is 157 cm³/mol. The number of halogens is 4. The van der Waals surface area contributed by atoms with Gasteiger partial charge in [-0.1, -0.05) is 12.1 Å². The first-order chi connectivity index (χ1) is 21.5. The van der Waals surface area contributed by atoms with Gasteiger partial charge in [-0.15, -0.1) is 0 Å². The second-order valence-corrected chi connectivity index (χ2v) is 12.7. The first-order valence-electron chi connectivity index (χ1n) is 14.8. The molecule has 1 fully saturated rings. The summed E-state index contributed by atoms with van der Waals surface area (Å²) >= 11 is 0. The van der Waals surface area contributed by atoms with Crippen LogP contribution in [-0.2, 0) is 24.6 Å². The number of aliphatic hydroxyl groups is 1. The molecule has 14 heteroatoms. The van der Waals surface area contributed by atoms with Gasteiger partial charge in [0.15, 0.2) is 0 Å². The third-order valence-electron chi connectivity index (χ3n) is 9.59. The van der Waals surface area contributed by atoms with E-state index >= 15 is 0 Å². The van der Waals surface area contributed by atoms with E-state index < -0.39 is 52.6 Å². The van der Waals surface area contributed by atoms with Crippen molar-refractivity contribution in [1.82, 2.24) is 20.7 Å². The third-order valence-corrected chi connectivity index (χ3v) is 9.59. The minimum Gasteiger partial charge on any atom is -0.494 e. The molecule has 0 radical (unpaired) electrons. The van der Waals surface area contributed by atoms with E-state index in [9.17, 15) is 32.3 Å². The van der Waals surface area contributed by atoms with E-state index in [-0.39, 0.29) is 29.6 Å². The molecule has 2 unspecified atom stereocenters. The standard InChI is InChI=1S/C32H35F4N5O5/c1-29(28(37)43)16-46-26-21(29)12-25(39-30(26,2)19-7-9-20(33)10-8-19)31(44,32(34,35)36)15-38-27(42)18-11-24(45-4)23-13-22(17-5-6-17)40(3)41(23)14-18/h7-14,17,22,39,44H,5-6,15-16H2,1-4H3,(H2,37,43)(H,38,42)/t22?,29-,30?,31-/m0/s1. The van der Waals surface area contributed by atoms with Crippen LogP contribution in [0.1, 0.15) is 32.3 Å². The van der Waals surface area contributed by atoms with E-state index in [0.29, 0.717) is 17.2 Å². The van der Waals surface area contributed by atoms with Gasteiger partial charge in [-0.25, -0.2) is 9.40 Å². The highest BCUT2D eigenvalue weighted by molar-refractivity contribution is 5.97. The lowest BCUT2D eigenvalue weighted by molar-refractivity contribution is -0.244. The van der Waals surface area contributed by atoms with Crippen LogP contribution in [0.5, 0.6) is 0 Å². The Morgan fingerprint density at radius 3 is 2.46 bits per heavy atom. The zero-order valence-electron chi connectivity index (χ0n) is 25.7. The van der Waals surface area contributed by atoms with Crippen molar-refractivity contribution in [2.45, 2.75) is 50.0 Å². The SMILES string of the molecule is COC1=CC(C(=O)NC[C@](O)(C2=CC3=C(OC[C@]3(C)C(N)=O)C(C)(c3ccc(F)cc3)N2)C(F)(F)F)=CN2C1=CC(C1CC1)N2C. The zero-order valence-corrected chi connectivity index (χ0v) is 25.7. The maximum atomic E-state index is 14.9. The van der Waals surface area contributed by atoms with Crippen molar-refractivity contribution in [1.29, 1.82) is 0 Å². The summed E-state index contributed by atoms with van der Waals surface area (Å²) in [6.07, 6.45) is 2.79. The summed E-state index contributed by atoms with van der Waals surface area (Å²) in [6, 6.07) is 5.06. The van der Waals surface area contributed by atoms with Gasteiger partial charge in [0, 0.05) is 18.8 Å². The van der Waals surface area contributed by atoms with Crippen LogP contribution in [0.3, 0.4) is 0 Å². The van der Waals surface area contributed by atoms with Gasteiger partial charge in [0.25, 0.3) is 5.91 Å². The molecular weight excluding hydrogens is 610 g/mol. The van der Waals surface area contributed by atoms with Crippen molar-refractivity contribution in [3.63, 3.8) is 0 Å². The fourth-order valence-electron chi connectivity index (χ4n) is 6.41. The number of allylic oxidation sites excluding steroid dienone is 1. The van der Waals surface area contributed by atoms with Crippen molar-refractivity contribution in [3.05, 3.63) is 94.1 Å². The normalized spacial score (nSPS) is 28.9. The lowest BCUT2D eigenvalue weighted by Gasteiger charge is -2.43. The number of primary amides is 1. The Bertz CT molecular complexity index is 1650. The average molecular weight is 646 g/mol. The number of hydrogen-bond donors (Lipinski definition) is 4. The third kappa shape index (κ3) is 4.85. The second kappa shape index (κ2) is 10.6. The number of carbonyl (C=O) groups is 2. The molecule has 4 aliphatic heterocycles. The molecule has 1 aliphatic carbocycles. The molecule has 246 valence electrons. The number of carbonyl (C=O) groups excluding carboxylic acids is 2. The highest BCUT2D eigenvalue weighted by atomic mass is 19.4. The predicted octanol–water partition coefficient (Wildman–Crippen LogP) is 2.97. The van der Waals surface area contributed by atoms with Gasteiger partial charge in [0.05, 0.1) is 36.7 Å². The number of ether oxygens (including phenoxy) is 2. The molecule has 1 saturated carbocycles. The molecule has 4 heterocycles. The van der Waals surface area contributed by atoms with Crippen LogP contribution in [0.25, 0.3) is 0 Å². The number of nitrogens with one attached hydrogen (secondary N) is 2. The molecule has 1 aromatic rings. The molecule has 46 heavy (non-hydrogen) atoms. The van der Waals surface area contributed by atoms with Gasteiger partial charge in [-0.05, 0) is 68.5 Å². The summed E-state index contributed by atoms with van der Waals surface area (Å²) in [5.74, 6) is -1.39. The van der Waals surface area contributed by atoms with Crippen LogP contribution in [0.4, 0.5) is 17.6 Å². The van der Waals surface area contributed by atoms with Gasteiger partial charge < -0.3 is 30.9 Å². The Kier molecular flexibility index (Phi) is 7.32. The van der Waals surface area contributed by atoms with E-state index in [1.54, 1.807) is 5.01 Å². The summed E-state index contributed by atoms with van der Waals surface area (Å²) in [5.41, 5.74) is -0.823. The molecule has 2 amide bonds. The van der Waals surface area contributed by atoms with Gasteiger partial charge in [-0.3, -0.25) is 14.6 Å². The van der Waals surface area contributed by atoms with Crippen LogP contribution in [0.15, 0.2) is 82.8 Å². The first-order valence-corrected chi connectivity index (χ1v) is 14.8.